The van der Waals surface area contributed by atoms with Gasteiger partial charge in [-0.3, -0.25) is 4.79 Å². The Morgan fingerprint density at radius 3 is 2.71 bits per heavy atom. The average molecular weight is 278 g/mol. The van der Waals surface area contributed by atoms with Gasteiger partial charge in [-0.05, 0) is 17.7 Å². The summed E-state index contributed by atoms with van der Waals surface area (Å²) in [5.41, 5.74) is 0.0330. The van der Waals surface area contributed by atoms with E-state index in [0.717, 1.165) is 6.07 Å². The molecule has 1 atom stereocenters. The minimum Gasteiger partial charge on any atom is -0.309 e. The van der Waals surface area contributed by atoms with Crippen LogP contribution in [0.1, 0.15) is 6.42 Å². The molecule has 92 valence electrons. The van der Waals surface area contributed by atoms with Crippen LogP contribution in [0.2, 0.25) is 5.02 Å². The molecule has 17 heavy (non-hydrogen) atoms. The Labute approximate surface area is 108 Å². The molecule has 2 nitrogen and oxygen atoms in total. The first-order valence-corrected chi connectivity index (χ1v) is 6.09. The number of benzene rings is 1. The summed E-state index contributed by atoms with van der Waals surface area (Å²) in [6.45, 7) is 0.390. The van der Waals surface area contributed by atoms with E-state index in [2.05, 4.69) is 12.6 Å². The van der Waals surface area contributed by atoms with Crippen molar-refractivity contribution in [2.45, 2.75) is 6.42 Å². The van der Waals surface area contributed by atoms with Gasteiger partial charge in [0.05, 0.1) is 10.7 Å². The molecule has 1 saturated heterocycles. The van der Waals surface area contributed by atoms with Gasteiger partial charge in [0.1, 0.15) is 11.6 Å². The second-order valence-corrected chi connectivity index (χ2v) is 4.75. The molecule has 0 radical (unpaired) electrons. The monoisotopic (exact) mass is 277 g/mol. The maximum atomic E-state index is 13.6. The summed E-state index contributed by atoms with van der Waals surface area (Å²) in [6, 6.07) is 1.84. The van der Waals surface area contributed by atoms with E-state index in [-0.39, 0.29) is 22.5 Å². The molecule has 1 amide bonds. The molecule has 1 heterocycles. The Bertz CT molecular complexity index is 469. The fourth-order valence-corrected chi connectivity index (χ4v) is 2.26. The number of halogens is 3. The van der Waals surface area contributed by atoms with Gasteiger partial charge in [-0.15, -0.1) is 0 Å². The number of nitrogens with zero attached hydrogens (tertiary/aromatic N) is 1. The predicted molar refractivity (Wildman–Crippen MR) is 65.7 cm³/mol. The van der Waals surface area contributed by atoms with Crippen LogP contribution in [0.3, 0.4) is 0 Å². The molecule has 0 aliphatic carbocycles. The molecule has 1 aliphatic rings. The molecule has 6 heteroatoms. The molecule has 0 bridgehead atoms. The van der Waals surface area contributed by atoms with Crippen molar-refractivity contribution in [2.75, 3.05) is 17.2 Å². The lowest BCUT2D eigenvalue weighted by Crippen LogP contribution is -2.25. The van der Waals surface area contributed by atoms with Gasteiger partial charge in [-0.2, -0.15) is 12.6 Å². The lowest BCUT2D eigenvalue weighted by atomic mass is 10.1. The summed E-state index contributed by atoms with van der Waals surface area (Å²) in [6.07, 6.45) is 0.331. The lowest BCUT2D eigenvalue weighted by molar-refractivity contribution is -0.117. The number of amides is 1. The highest BCUT2D eigenvalue weighted by Crippen LogP contribution is 2.31. The number of hydrogen-bond donors (Lipinski definition) is 1. The zero-order valence-electron chi connectivity index (χ0n) is 8.79. The van der Waals surface area contributed by atoms with E-state index in [1.807, 2.05) is 0 Å². The van der Waals surface area contributed by atoms with Crippen molar-refractivity contribution in [3.05, 3.63) is 28.8 Å². The summed E-state index contributed by atoms with van der Waals surface area (Å²) in [5, 5.41) is -0.191. The van der Waals surface area contributed by atoms with E-state index in [1.165, 1.54) is 4.90 Å². The lowest BCUT2D eigenvalue weighted by Gasteiger charge is -2.17. The third-order valence-corrected chi connectivity index (χ3v) is 3.55. The number of hydrogen-bond acceptors (Lipinski definition) is 2. The Hall–Kier alpha value is -0.810. The first-order chi connectivity index (χ1) is 8.02. The van der Waals surface area contributed by atoms with E-state index in [4.69, 9.17) is 11.6 Å². The topological polar surface area (TPSA) is 20.3 Å². The Balaban J connectivity index is 2.35. The van der Waals surface area contributed by atoms with Crippen molar-refractivity contribution in [2.24, 2.45) is 5.92 Å². The number of carbonyl (C=O) groups excluding carboxylic acids is 1. The van der Waals surface area contributed by atoms with Gasteiger partial charge < -0.3 is 4.90 Å². The average Bonchev–Trinajstić information content (AvgIpc) is 2.65. The van der Waals surface area contributed by atoms with Crippen molar-refractivity contribution < 1.29 is 13.6 Å². The largest absolute Gasteiger partial charge is 0.309 e. The second kappa shape index (κ2) is 4.82. The van der Waals surface area contributed by atoms with Crippen LogP contribution in [-0.4, -0.2) is 18.2 Å². The fourth-order valence-electron chi connectivity index (χ4n) is 1.86. The zero-order valence-corrected chi connectivity index (χ0v) is 10.4. The van der Waals surface area contributed by atoms with Crippen molar-refractivity contribution in [1.82, 2.24) is 0 Å². The van der Waals surface area contributed by atoms with Gasteiger partial charge in [0.15, 0.2) is 0 Å². The van der Waals surface area contributed by atoms with Gasteiger partial charge in [0.25, 0.3) is 0 Å². The molecule has 1 fully saturated rings. The van der Waals surface area contributed by atoms with Crippen molar-refractivity contribution in [3.63, 3.8) is 0 Å². The van der Waals surface area contributed by atoms with Gasteiger partial charge in [0, 0.05) is 19.0 Å². The van der Waals surface area contributed by atoms with Crippen LogP contribution in [0.15, 0.2) is 12.1 Å². The summed E-state index contributed by atoms with van der Waals surface area (Å²) in [4.78, 5) is 13.0. The summed E-state index contributed by atoms with van der Waals surface area (Å²) in [5.74, 6) is -1.15. The van der Waals surface area contributed by atoms with E-state index in [9.17, 15) is 13.6 Å². The molecule has 0 spiro atoms. The molecule has 1 aromatic rings. The smallest absolute Gasteiger partial charge is 0.227 e. The minimum absolute atomic E-state index is 0.0330. The normalized spacial score (nSPS) is 20.1. The highest BCUT2D eigenvalue weighted by Gasteiger charge is 2.31. The van der Waals surface area contributed by atoms with Crippen LogP contribution in [0.25, 0.3) is 0 Å². The standard InChI is InChI=1S/C11H10ClF2NOS/c12-7-2-10(9(14)3-8(7)13)15-4-6(5-17)1-11(15)16/h2-3,6,17H,1,4-5H2. The van der Waals surface area contributed by atoms with Crippen LogP contribution in [-0.2, 0) is 4.79 Å². The van der Waals surface area contributed by atoms with Gasteiger partial charge >= 0.3 is 0 Å². The summed E-state index contributed by atoms with van der Waals surface area (Å²) < 4.78 is 26.6. The van der Waals surface area contributed by atoms with Gasteiger partial charge in [0.2, 0.25) is 5.91 Å². The number of rotatable bonds is 2. The molecular weight excluding hydrogens is 268 g/mol. The van der Waals surface area contributed by atoms with Crippen LogP contribution in [0.4, 0.5) is 14.5 Å². The van der Waals surface area contributed by atoms with Crippen molar-refractivity contribution >= 4 is 35.8 Å². The number of anilines is 1. The second-order valence-electron chi connectivity index (χ2n) is 3.97. The third kappa shape index (κ3) is 2.40. The van der Waals surface area contributed by atoms with Crippen molar-refractivity contribution in [1.29, 1.82) is 0 Å². The zero-order chi connectivity index (χ0) is 12.6. The molecule has 1 unspecified atom stereocenters. The van der Waals surface area contributed by atoms with E-state index in [0.29, 0.717) is 24.8 Å². The third-order valence-electron chi connectivity index (χ3n) is 2.74. The van der Waals surface area contributed by atoms with Crippen LogP contribution < -0.4 is 4.90 Å². The fraction of sp³-hybridized carbons (Fsp3) is 0.364. The maximum Gasteiger partial charge on any atom is 0.227 e. The van der Waals surface area contributed by atoms with Crippen molar-refractivity contribution in [3.8, 4) is 0 Å². The Morgan fingerprint density at radius 2 is 2.12 bits per heavy atom. The summed E-state index contributed by atoms with van der Waals surface area (Å²) >= 11 is 9.70. The quantitative estimate of drug-likeness (QED) is 0.651. The van der Waals surface area contributed by atoms with Crippen LogP contribution in [0.5, 0.6) is 0 Å². The molecule has 0 N–H and O–H groups in total. The Morgan fingerprint density at radius 1 is 1.41 bits per heavy atom. The predicted octanol–water partition coefficient (Wildman–Crippen LogP) is 2.90. The SMILES string of the molecule is O=C1CC(CS)CN1c1cc(Cl)c(F)cc1F. The Kier molecular flexibility index (Phi) is 3.58. The molecule has 2 rings (SSSR count). The number of thiol groups is 1. The van der Waals surface area contributed by atoms with Crippen LogP contribution >= 0.6 is 24.2 Å². The maximum absolute atomic E-state index is 13.6. The molecular formula is C11H10ClF2NOS. The summed E-state index contributed by atoms with van der Waals surface area (Å²) in [7, 11) is 0. The van der Waals surface area contributed by atoms with Gasteiger partial charge in [-0.25, -0.2) is 8.78 Å². The molecule has 1 aliphatic heterocycles. The van der Waals surface area contributed by atoms with E-state index in [1.54, 1.807) is 0 Å². The van der Waals surface area contributed by atoms with Gasteiger partial charge in [-0.1, -0.05) is 11.6 Å². The van der Waals surface area contributed by atoms with E-state index < -0.39 is 11.6 Å². The first kappa shape index (κ1) is 12.6. The minimum atomic E-state index is -0.828. The highest BCUT2D eigenvalue weighted by molar-refractivity contribution is 7.80. The first-order valence-electron chi connectivity index (χ1n) is 5.08. The number of carbonyl (C=O) groups is 1. The molecule has 1 aromatic carbocycles. The van der Waals surface area contributed by atoms with Crippen LogP contribution in [0, 0.1) is 17.6 Å². The molecule has 0 saturated carbocycles. The highest BCUT2D eigenvalue weighted by atomic mass is 35.5. The molecule has 0 aromatic heterocycles. The van der Waals surface area contributed by atoms with E-state index >= 15 is 0 Å².